The molecular weight excluding hydrogens is 236 g/mol. The summed E-state index contributed by atoms with van der Waals surface area (Å²) in [5.74, 6) is 2.95. The Balaban J connectivity index is 1.70. The van der Waals surface area contributed by atoms with Crippen molar-refractivity contribution in [2.75, 3.05) is 0 Å². The van der Waals surface area contributed by atoms with E-state index in [1.165, 1.54) is 49.0 Å². The van der Waals surface area contributed by atoms with E-state index in [1.807, 2.05) is 0 Å². The van der Waals surface area contributed by atoms with Gasteiger partial charge in [-0.15, -0.1) is 0 Å². The van der Waals surface area contributed by atoms with Crippen molar-refractivity contribution >= 4 is 17.1 Å². The van der Waals surface area contributed by atoms with Gasteiger partial charge in [0, 0.05) is 10.3 Å². The van der Waals surface area contributed by atoms with Crippen molar-refractivity contribution in [1.82, 2.24) is 0 Å². The van der Waals surface area contributed by atoms with E-state index in [1.54, 1.807) is 0 Å². The minimum absolute atomic E-state index is 0.394. The molecule has 0 nitrogen and oxygen atoms in total. The van der Waals surface area contributed by atoms with Gasteiger partial charge < -0.3 is 0 Å². The number of rotatable bonds is 2. The van der Waals surface area contributed by atoms with Crippen LogP contribution < -0.4 is 0 Å². The lowest BCUT2D eigenvalue weighted by atomic mass is 9.48. The summed E-state index contributed by atoms with van der Waals surface area (Å²) in [4.78, 5) is 1.28. The maximum atomic E-state index is 5.91. The molecule has 4 bridgehead atoms. The van der Waals surface area contributed by atoms with Crippen LogP contribution in [0.1, 0.15) is 44.1 Å². The monoisotopic (exact) mass is 256 g/mol. The summed E-state index contributed by atoms with van der Waals surface area (Å²) in [7, 11) is 0. The minimum Gasteiger partial charge on any atom is -0.0837 e. The lowest BCUT2D eigenvalue weighted by Crippen LogP contribution is -2.49. The van der Waals surface area contributed by atoms with Gasteiger partial charge in [-0.05, 0) is 61.8 Å². The molecule has 0 radical (unpaired) electrons. The lowest BCUT2D eigenvalue weighted by Gasteiger charge is -2.57. The number of hydrogen-bond donors (Lipinski definition) is 0. The molecule has 0 aliphatic heterocycles. The molecule has 0 spiro atoms. The zero-order valence-corrected chi connectivity index (χ0v) is 11.6. The van der Waals surface area contributed by atoms with E-state index in [0.29, 0.717) is 5.41 Å². The molecule has 4 saturated carbocycles. The molecule has 1 aromatic rings. The van der Waals surface area contributed by atoms with Gasteiger partial charge in [0.25, 0.3) is 0 Å². The maximum absolute atomic E-state index is 5.91. The predicted octanol–water partition coefficient (Wildman–Crippen LogP) is 4.62. The van der Waals surface area contributed by atoms with E-state index in [9.17, 15) is 0 Å². The fourth-order valence-corrected chi connectivity index (χ4v) is 5.67. The van der Waals surface area contributed by atoms with Gasteiger partial charge >= 0.3 is 0 Å². The molecule has 4 aliphatic rings. The van der Waals surface area contributed by atoms with Crippen LogP contribution in [0.15, 0.2) is 30.3 Å². The molecular formula is C17H20S. The van der Waals surface area contributed by atoms with E-state index in [0.717, 1.165) is 17.8 Å². The van der Waals surface area contributed by atoms with Crippen LogP contribution >= 0.6 is 12.2 Å². The van der Waals surface area contributed by atoms with Gasteiger partial charge in [0.15, 0.2) is 0 Å². The van der Waals surface area contributed by atoms with Gasteiger partial charge in [0.1, 0.15) is 0 Å². The molecule has 94 valence electrons. The first kappa shape index (κ1) is 11.2. The van der Waals surface area contributed by atoms with Crippen LogP contribution in [0, 0.1) is 23.2 Å². The average Bonchev–Trinajstić information content (AvgIpc) is 2.37. The summed E-state index contributed by atoms with van der Waals surface area (Å²) in [5, 5.41) is 0. The van der Waals surface area contributed by atoms with Crippen LogP contribution in [0.3, 0.4) is 0 Å². The van der Waals surface area contributed by atoms with Crippen LogP contribution in [0.2, 0.25) is 0 Å². The largest absolute Gasteiger partial charge is 0.0837 e. The normalized spacial score (nSPS) is 41.0. The number of thiocarbonyl (C=S) groups is 1. The van der Waals surface area contributed by atoms with Crippen LogP contribution in [0.25, 0.3) is 0 Å². The summed E-state index contributed by atoms with van der Waals surface area (Å²) in [6, 6.07) is 10.8. The van der Waals surface area contributed by atoms with Crippen molar-refractivity contribution in [3.05, 3.63) is 35.9 Å². The molecule has 0 amide bonds. The van der Waals surface area contributed by atoms with Gasteiger partial charge in [-0.1, -0.05) is 42.5 Å². The van der Waals surface area contributed by atoms with Crippen molar-refractivity contribution in [2.45, 2.75) is 38.5 Å². The predicted molar refractivity (Wildman–Crippen MR) is 78.7 cm³/mol. The van der Waals surface area contributed by atoms with Crippen molar-refractivity contribution in [3.8, 4) is 0 Å². The molecule has 0 heterocycles. The molecule has 1 aromatic carbocycles. The second-order valence-corrected chi connectivity index (χ2v) is 7.30. The molecule has 18 heavy (non-hydrogen) atoms. The highest BCUT2D eigenvalue weighted by Gasteiger charge is 2.52. The molecule has 4 fully saturated rings. The molecule has 0 atom stereocenters. The number of benzene rings is 1. The van der Waals surface area contributed by atoms with Crippen LogP contribution in [0.4, 0.5) is 0 Å². The van der Waals surface area contributed by atoms with Crippen molar-refractivity contribution in [3.63, 3.8) is 0 Å². The van der Waals surface area contributed by atoms with Crippen LogP contribution in [-0.2, 0) is 0 Å². The SMILES string of the molecule is S=C(c1ccccc1)C12CC3CC(CC(C3)C1)C2. The fraction of sp³-hybridized carbons (Fsp3) is 0.588. The average molecular weight is 256 g/mol. The summed E-state index contributed by atoms with van der Waals surface area (Å²) in [5.41, 5.74) is 1.71. The maximum Gasteiger partial charge on any atom is 0.0286 e. The molecule has 0 aromatic heterocycles. The van der Waals surface area contributed by atoms with E-state index in [-0.39, 0.29) is 0 Å². The third-order valence-electron chi connectivity index (χ3n) is 5.56. The third kappa shape index (κ3) is 1.60. The Labute approximate surface area is 115 Å². The topological polar surface area (TPSA) is 0 Å². The Morgan fingerprint density at radius 1 is 0.889 bits per heavy atom. The molecule has 0 saturated heterocycles. The van der Waals surface area contributed by atoms with Gasteiger partial charge in [-0.2, -0.15) is 0 Å². The minimum atomic E-state index is 0.394. The molecule has 0 unspecified atom stereocenters. The summed E-state index contributed by atoms with van der Waals surface area (Å²) in [6.45, 7) is 0. The standard InChI is InChI=1S/C17H20S/c18-16(15-4-2-1-3-5-15)17-9-12-6-13(10-17)8-14(7-12)11-17/h1-5,12-14H,6-11H2. The second-order valence-electron chi connectivity index (χ2n) is 6.89. The fourth-order valence-electron chi connectivity index (χ4n) is 5.28. The quantitative estimate of drug-likeness (QED) is 0.549. The van der Waals surface area contributed by atoms with E-state index in [2.05, 4.69) is 30.3 Å². The molecule has 4 aliphatic carbocycles. The van der Waals surface area contributed by atoms with Crippen LogP contribution in [0.5, 0.6) is 0 Å². The Morgan fingerprint density at radius 2 is 1.39 bits per heavy atom. The highest BCUT2D eigenvalue weighted by atomic mass is 32.1. The highest BCUT2D eigenvalue weighted by Crippen LogP contribution is 2.61. The van der Waals surface area contributed by atoms with Gasteiger partial charge in [0.05, 0.1) is 0 Å². The molecule has 1 heteroatoms. The molecule has 5 rings (SSSR count). The van der Waals surface area contributed by atoms with Crippen molar-refractivity contribution in [1.29, 1.82) is 0 Å². The van der Waals surface area contributed by atoms with E-state index >= 15 is 0 Å². The Hall–Kier alpha value is -0.690. The molecule has 0 N–H and O–H groups in total. The number of hydrogen-bond acceptors (Lipinski definition) is 1. The Kier molecular flexibility index (Phi) is 2.42. The van der Waals surface area contributed by atoms with Gasteiger partial charge in [-0.3, -0.25) is 0 Å². The smallest absolute Gasteiger partial charge is 0.0286 e. The summed E-state index contributed by atoms with van der Waals surface area (Å²) < 4.78 is 0. The summed E-state index contributed by atoms with van der Waals surface area (Å²) >= 11 is 5.91. The zero-order chi connectivity index (χ0) is 12.2. The highest BCUT2D eigenvalue weighted by molar-refractivity contribution is 7.81. The van der Waals surface area contributed by atoms with Crippen molar-refractivity contribution < 1.29 is 0 Å². The summed E-state index contributed by atoms with van der Waals surface area (Å²) in [6.07, 6.45) is 8.64. The van der Waals surface area contributed by atoms with E-state index < -0.39 is 0 Å². The second kappa shape index (κ2) is 3.90. The van der Waals surface area contributed by atoms with Gasteiger partial charge in [0.2, 0.25) is 0 Å². The zero-order valence-electron chi connectivity index (χ0n) is 10.8. The third-order valence-corrected chi connectivity index (χ3v) is 6.22. The lowest BCUT2D eigenvalue weighted by molar-refractivity contribution is -0.0107. The Bertz CT molecular complexity index is 438. The Morgan fingerprint density at radius 3 is 1.89 bits per heavy atom. The first-order valence-electron chi connectivity index (χ1n) is 7.35. The van der Waals surface area contributed by atoms with E-state index in [4.69, 9.17) is 12.2 Å². The van der Waals surface area contributed by atoms with Crippen LogP contribution in [-0.4, -0.2) is 4.86 Å². The van der Waals surface area contributed by atoms with Crippen molar-refractivity contribution in [2.24, 2.45) is 23.2 Å². The first-order chi connectivity index (χ1) is 8.75. The van der Waals surface area contributed by atoms with Gasteiger partial charge in [-0.25, -0.2) is 0 Å². The first-order valence-corrected chi connectivity index (χ1v) is 7.76.